The highest BCUT2D eigenvalue weighted by Crippen LogP contribution is 2.15. The van der Waals surface area contributed by atoms with Crippen LogP contribution in [0.3, 0.4) is 0 Å². The molecule has 0 saturated carbocycles. The summed E-state index contributed by atoms with van der Waals surface area (Å²) in [6.45, 7) is 1.20. The zero-order valence-electron chi connectivity index (χ0n) is 14.8. The van der Waals surface area contributed by atoms with Crippen LogP contribution in [0.15, 0.2) is 40.5 Å². The number of aryl methyl sites for hydroxylation is 1. The second kappa shape index (κ2) is 8.44. The van der Waals surface area contributed by atoms with E-state index in [2.05, 4.69) is 20.8 Å². The maximum absolute atomic E-state index is 12.2. The van der Waals surface area contributed by atoms with Gasteiger partial charge in [0.15, 0.2) is 6.61 Å². The molecule has 0 aliphatic heterocycles. The number of carbonyl (C=O) groups excluding carboxylic acids is 3. The molecule has 0 saturated heterocycles. The van der Waals surface area contributed by atoms with E-state index in [0.717, 1.165) is 11.8 Å². The average Bonchev–Trinajstić information content (AvgIpc) is 3.08. The number of rotatable bonds is 5. The van der Waals surface area contributed by atoms with Gasteiger partial charge in [0.05, 0.1) is 12.0 Å². The molecule has 0 fully saturated rings. The van der Waals surface area contributed by atoms with Crippen molar-refractivity contribution < 1.29 is 19.1 Å². The minimum absolute atomic E-state index is 0.0252. The number of esters is 1. The monoisotopic (exact) mass is 400 g/mol. The highest BCUT2D eigenvalue weighted by molar-refractivity contribution is 7.09. The summed E-state index contributed by atoms with van der Waals surface area (Å²) in [5.41, 5.74) is 5.27. The van der Waals surface area contributed by atoms with E-state index in [1.807, 2.05) is 12.3 Å². The van der Waals surface area contributed by atoms with Crippen molar-refractivity contribution >= 4 is 40.0 Å². The number of benzene rings is 1. The summed E-state index contributed by atoms with van der Waals surface area (Å²) >= 11 is 1.34. The number of pyridine rings is 1. The van der Waals surface area contributed by atoms with E-state index in [4.69, 9.17) is 4.74 Å². The fourth-order valence-corrected chi connectivity index (χ4v) is 3.19. The first-order valence-corrected chi connectivity index (χ1v) is 9.08. The topological polar surface area (TPSA) is 130 Å². The molecule has 9 nitrogen and oxygen atoms in total. The number of nitrogens with zero attached hydrogens (tertiary/aromatic N) is 1. The summed E-state index contributed by atoms with van der Waals surface area (Å²) in [6, 6.07) is 7.85. The molecule has 10 heteroatoms. The lowest BCUT2D eigenvalue weighted by atomic mass is 10.1. The van der Waals surface area contributed by atoms with E-state index in [9.17, 15) is 19.2 Å². The smallest absolute Gasteiger partial charge is 0.339 e. The second-order valence-corrected chi connectivity index (χ2v) is 6.77. The van der Waals surface area contributed by atoms with Gasteiger partial charge in [-0.2, -0.15) is 0 Å². The Hall–Kier alpha value is -3.53. The van der Waals surface area contributed by atoms with E-state index >= 15 is 0 Å². The number of aromatic amines is 1. The number of fused-ring (bicyclic) bond motifs is 1. The molecule has 1 aromatic carbocycles. The molecular formula is C18H16N4O5S. The molecule has 2 aromatic heterocycles. The highest BCUT2D eigenvalue weighted by atomic mass is 32.1. The van der Waals surface area contributed by atoms with Crippen molar-refractivity contribution in [3.05, 3.63) is 62.3 Å². The van der Waals surface area contributed by atoms with Gasteiger partial charge in [-0.15, -0.1) is 11.3 Å². The van der Waals surface area contributed by atoms with Crippen LogP contribution in [-0.4, -0.2) is 34.4 Å². The van der Waals surface area contributed by atoms with Gasteiger partial charge in [0.25, 0.3) is 5.91 Å². The van der Waals surface area contributed by atoms with Crippen molar-refractivity contribution in [3.8, 4) is 0 Å². The van der Waals surface area contributed by atoms with Crippen LogP contribution >= 0.6 is 11.3 Å². The number of para-hydroxylation sites is 1. The molecule has 144 valence electrons. The fraction of sp³-hybridized carbons (Fsp3) is 0.167. The van der Waals surface area contributed by atoms with E-state index in [-0.39, 0.29) is 12.0 Å². The second-order valence-electron chi connectivity index (χ2n) is 5.82. The number of aromatic nitrogens is 2. The third-order valence-corrected chi connectivity index (χ3v) is 4.59. The van der Waals surface area contributed by atoms with Crippen LogP contribution < -0.4 is 16.4 Å². The summed E-state index contributed by atoms with van der Waals surface area (Å²) < 4.78 is 4.94. The number of nitrogens with one attached hydrogen (secondary N) is 3. The molecule has 0 aliphatic carbocycles. The fourth-order valence-electron chi connectivity index (χ4n) is 2.42. The summed E-state index contributed by atoms with van der Waals surface area (Å²) in [5, 5.41) is 2.94. The van der Waals surface area contributed by atoms with Crippen LogP contribution in [0.1, 0.15) is 21.1 Å². The Labute approximate surface area is 162 Å². The van der Waals surface area contributed by atoms with Gasteiger partial charge in [0.1, 0.15) is 5.01 Å². The number of ether oxygens (including phenoxy) is 1. The van der Waals surface area contributed by atoms with Crippen molar-refractivity contribution in [3.63, 3.8) is 0 Å². The van der Waals surface area contributed by atoms with Crippen molar-refractivity contribution in [1.29, 1.82) is 0 Å². The van der Waals surface area contributed by atoms with Crippen molar-refractivity contribution in [1.82, 2.24) is 20.8 Å². The van der Waals surface area contributed by atoms with E-state index in [1.54, 1.807) is 24.3 Å². The highest BCUT2D eigenvalue weighted by Gasteiger charge is 2.15. The summed E-state index contributed by atoms with van der Waals surface area (Å²) in [4.78, 5) is 54.2. The van der Waals surface area contributed by atoms with Gasteiger partial charge in [0.2, 0.25) is 11.5 Å². The Kier molecular flexibility index (Phi) is 5.80. The van der Waals surface area contributed by atoms with Gasteiger partial charge >= 0.3 is 5.97 Å². The predicted octanol–water partition coefficient (Wildman–Crippen LogP) is 0.840. The van der Waals surface area contributed by atoms with Gasteiger partial charge in [-0.05, 0) is 13.0 Å². The maximum atomic E-state index is 12.2. The minimum Gasteiger partial charge on any atom is -0.452 e. The molecule has 0 bridgehead atoms. The largest absolute Gasteiger partial charge is 0.452 e. The Morgan fingerprint density at radius 2 is 1.93 bits per heavy atom. The zero-order chi connectivity index (χ0) is 20.1. The van der Waals surface area contributed by atoms with Crippen molar-refractivity contribution in [2.75, 3.05) is 6.61 Å². The summed E-state index contributed by atoms with van der Waals surface area (Å²) in [6.07, 6.45) is 0.0252. The molecule has 0 atom stereocenters. The predicted molar refractivity (Wildman–Crippen MR) is 102 cm³/mol. The average molecular weight is 400 g/mol. The van der Waals surface area contributed by atoms with E-state index in [0.29, 0.717) is 15.9 Å². The Morgan fingerprint density at radius 1 is 1.18 bits per heavy atom. The standard InChI is InChI=1S/C18H16N4O5S/c1-10-9-28-17(19-10)7-15(24)21-22-16(25)8-27-18(26)12-6-14(23)20-13-5-3-2-4-11(12)13/h2-6,9H,7-8H2,1H3,(H,20,23)(H,21,24)(H,22,25). The lowest BCUT2D eigenvalue weighted by molar-refractivity contribution is -0.130. The first kappa shape index (κ1) is 19.2. The number of amides is 2. The normalized spacial score (nSPS) is 10.5. The zero-order valence-corrected chi connectivity index (χ0v) is 15.6. The molecule has 3 N–H and O–H groups in total. The maximum Gasteiger partial charge on any atom is 0.339 e. The van der Waals surface area contributed by atoms with Crippen LogP contribution in [0.5, 0.6) is 0 Å². The van der Waals surface area contributed by atoms with Crippen LogP contribution in [0, 0.1) is 6.92 Å². The molecule has 28 heavy (non-hydrogen) atoms. The van der Waals surface area contributed by atoms with Gasteiger partial charge in [-0.1, -0.05) is 18.2 Å². The van der Waals surface area contributed by atoms with Gasteiger partial charge in [-0.25, -0.2) is 9.78 Å². The Balaban J connectivity index is 1.53. The molecule has 3 aromatic rings. The SMILES string of the molecule is Cc1csc(CC(=O)NNC(=O)COC(=O)c2cc(=O)[nH]c3ccccc23)n1. The van der Waals surface area contributed by atoms with Crippen molar-refractivity contribution in [2.45, 2.75) is 13.3 Å². The van der Waals surface area contributed by atoms with Crippen LogP contribution in [0.4, 0.5) is 0 Å². The number of hydrazine groups is 1. The quantitative estimate of drug-likeness (QED) is 0.430. The minimum atomic E-state index is -0.818. The third-order valence-electron chi connectivity index (χ3n) is 3.62. The number of hydrogen-bond donors (Lipinski definition) is 3. The molecule has 0 unspecified atom stereocenters. The molecule has 3 rings (SSSR count). The van der Waals surface area contributed by atoms with Crippen LogP contribution in [0.25, 0.3) is 10.9 Å². The summed E-state index contributed by atoms with van der Waals surface area (Å²) in [5.74, 6) is -1.98. The molecule has 0 spiro atoms. The first-order valence-electron chi connectivity index (χ1n) is 8.20. The summed E-state index contributed by atoms with van der Waals surface area (Å²) in [7, 11) is 0. The van der Waals surface area contributed by atoms with E-state index in [1.165, 1.54) is 11.3 Å². The number of H-pyrrole nitrogens is 1. The van der Waals surface area contributed by atoms with E-state index < -0.39 is 29.9 Å². The third kappa shape index (κ3) is 4.80. The molecule has 2 heterocycles. The Morgan fingerprint density at radius 3 is 2.68 bits per heavy atom. The van der Waals surface area contributed by atoms with Crippen molar-refractivity contribution in [2.24, 2.45) is 0 Å². The lowest BCUT2D eigenvalue weighted by Crippen LogP contribution is -2.44. The molecule has 2 amide bonds. The van der Waals surface area contributed by atoms with Gasteiger partial charge in [0, 0.05) is 28.0 Å². The van der Waals surface area contributed by atoms with Crippen LogP contribution in [0.2, 0.25) is 0 Å². The molecule has 0 aliphatic rings. The van der Waals surface area contributed by atoms with Crippen LogP contribution in [-0.2, 0) is 20.7 Å². The Bertz CT molecular complexity index is 1100. The lowest BCUT2D eigenvalue weighted by Gasteiger charge is -2.09. The van der Waals surface area contributed by atoms with Gasteiger partial charge in [-0.3, -0.25) is 25.2 Å². The molecular weight excluding hydrogens is 384 g/mol. The number of thiazole rings is 1. The number of carbonyl (C=O) groups is 3. The number of hydrogen-bond acceptors (Lipinski definition) is 7. The van der Waals surface area contributed by atoms with Gasteiger partial charge < -0.3 is 9.72 Å². The first-order chi connectivity index (χ1) is 13.4. The molecule has 0 radical (unpaired) electrons.